The molecule has 3 aromatic carbocycles. The summed E-state index contributed by atoms with van der Waals surface area (Å²) in [6, 6.07) is 17.0. The van der Waals surface area contributed by atoms with Crippen LogP contribution in [0.2, 0.25) is 0 Å². The van der Waals surface area contributed by atoms with Gasteiger partial charge in [-0.05, 0) is 32.8 Å². The number of rotatable bonds is 0. The Hall–Kier alpha value is -2.81. The summed E-state index contributed by atoms with van der Waals surface area (Å²) >= 11 is 0. The molecule has 0 fully saturated rings. The summed E-state index contributed by atoms with van der Waals surface area (Å²) in [6.07, 6.45) is 1.82. The molecule has 0 aliphatic heterocycles. The molecule has 5 rings (SSSR count). The Labute approximate surface area is 114 Å². The van der Waals surface area contributed by atoms with Crippen LogP contribution in [0.25, 0.3) is 43.9 Å². The molecule has 0 saturated carbocycles. The van der Waals surface area contributed by atoms with Gasteiger partial charge < -0.3 is 0 Å². The number of nitrogens with zero attached hydrogens (tertiary/aromatic N) is 3. The first-order chi connectivity index (χ1) is 9.93. The highest BCUT2D eigenvalue weighted by molar-refractivity contribution is 6.22. The Morgan fingerprint density at radius 3 is 2.70 bits per heavy atom. The van der Waals surface area contributed by atoms with E-state index in [9.17, 15) is 0 Å². The molecule has 3 nitrogen and oxygen atoms in total. The molecule has 20 heavy (non-hydrogen) atoms. The van der Waals surface area contributed by atoms with Crippen molar-refractivity contribution in [3.63, 3.8) is 0 Å². The summed E-state index contributed by atoms with van der Waals surface area (Å²) in [4.78, 5) is 0. The Kier molecular flexibility index (Phi) is 1.70. The van der Waals surface area contributed by atoms with Gasteiger partial charge >= 0.3 is 0 Å². The number of aromatic nitrogens is 3. The third-order valence-electron chi connectivity index (χ3n) is 4.05. The van der Waals surface area contributed by atoms with Crippen LogP contribution in [0.15, 0.2) is 54.7 Å². The van der Waals surface area contributed by atoms with E-state index < -0.39 is 0 Å². The highest BCUT2D eigenvalue weighted by Crippen LogP contribution is 2.48. The van der Waals surface area contributed by atoms with Crippen molar-refractivity contribution in [2.24, 2.45) is 0 Å². The van der Waals surface area contributed by atoms with Gasteiger partial charge in [-0.2, -0.15) is 0 Å². The van der Waals surface area contributed by atoms with Crippen molar-refractivity contribution >= 4 is 21.5 Å². The average molecular weight is 255 g/mol. The molecule has 3 heteroatoms. The minimum atomic E-state index is 0.942. The molecular formula is C17H9N3. The Bertz CT molecular complexity index is 1010. The SMILES string of the molecule is c1ccc2c3c4c(cccc4cc2c1)-c1nnncc1-3. The maximum atomic E-state index is 4.24. The van der Waals surface area contributed by atoms with E-state index in [1.165, 1.54) is 27.1 Å². The van der Waals surface area contributed by atoms with Gasteiger partial charge in [0.25, 0.3) is 0 Å². The minimum Gasteiger partial charge on any atom is -0.138 e. The molecule has 0 N–H and O–H groups in total. The maximum absolute atomic E-state index is 4.24. The number of hydrogen-bond donors (Lipinski definition) is 0. The van der Waals surface area contributed by atoms with E-state index in [1.54, 1.807) is 0 Å². The third kappa shape index (κ3) is 1.08. The lowest BCUT2D eigenvalue weighted by Crippen LogP contribution is -1.89. The summed E-state index contributed by atoms with van der Waals surface area (Å²) < 4.78 is 0. The van der Waals surface area contributed by atoms with Crippen LogP contribution in [0.4, 0.5) is 0 Å². The monoisotopic (exact) mass is 255 g/mol. The Morgan fingerprint density at radius 2 is 1.70 bits per heavy atom. The fraction of sp³-hybridized carbons (Fsp3) is 0. The molecule has 0 bridgehead atoms. The van der Waals surface area contributed by atoms with Gasteiger partial charge in [0.2, 0.25) is 0 Å². The standard InChI is InChI=1S/C17H9N3/c1-2-6-12-10(4-1)8-11-5-3-7-13-15(11)16(12)14-9-18-20-19-17(13)14/h1-9H. The smallest absolute Gasteiger partial charge is 0.105 e. The zero-order chi connectivity index (χ0) is 13.1. The van der Waals surface area contributed by atoms with Gasteiger partial charge in [-0.1, -0.05) is 42.5 Å². The van der Waals surface area contributed by atoms with Crippen LogP contribution in [0.5, 0.6) is 0 Å². The average Bonchev–Trinajstić information content (AvgIpc) is 2.85. The number of hydrogen-bond acceptors (Lipinski definition) is 3. The molecule has 0 unspecified atom stereocenters. The molecule has 0 radical (unpaired) electrons. The van der Waals surface area contributed by atoms with E-state index in [-0.39, 0.29) is 0 Å². The quantitative estimate of drug-likeness (QED) is 0.395. The van der Waals surface area contributed by atoms with Gasteiger partial charge in [0.15, 0.2) is 0 Å². The second-order valence-corrected chi connectivity index (χ2v) is 5.07. The Morgan fingerprint density at radius 1 is 0.800 bits per heavy atom. The minimum absolute atomic E-state index is 0.942. The van der Waals surface area contributed by atoms with Crippen LogP contribution in [-0.2, 0) is 0 Å². The Balaban J connectivity index is 2.15. The highest BCUT2D eigenvalue weighted by atomic mass is 15.3. The first kappa shape index (κ1) is 10.0. The van der Waals surface area contributed by atoms with Crippen molar-refractivity contribution in [2.45, 2.75) is 0 Å². The van der Waals surface area contributed by atoms with Gasteiger partial charge in [0.05, 0.1) is 6.20 Å². The van der Waals surface area contributed by atoms with Crippen LogP contribution in [0.1, 0.15) is 0 Å². The van der Waals surface area contributed by atoms with Gasteiger partial charge in [-0.15, -0.1) is 10.2 Å². The first-order valence-electron chi connectivity index (χ1n) is 6.57. The van der Waals surface area contributed by atoms with E-state index >= 15 is 0 Å². The van der Waals surface area contributed by atoms with E-state index in [4.69, 9.17) is 0 Å². The van der Waals surface area contributed by atoms with Crippen LogP contribution in [0, 0.1) is 0 Å². The van der Waals surface area contributed by atoms with Crippen molar-refractivity contribution in [3.05, 3.63) is 54.7 Å². The van der Waals surface area contributed by atoms with Crippen LogP contribution >= 0.6 is 0 Å². The van der Waals surface area contributed by atoms with E-state index in [0.717, 1.165) is 16.8 Å². The molecule has 1 heterocycles. The lowest BCUT2D eigenvalue weighted by atomic mass is 9.96. The second-order valence-electron chi connectivity index (χ2n) is 5.07. The first-order valence-corrected chi connectivity index (χ1v) is 6.57. The van der Waals surface area contributed by atoms with Crippen molar-refractivity contribution in [2.75, 3.05) is 0 Å². The predicted molar refractivity (Wildman–Crippen MR) is 79.3 cm³/mol. The number of fused-ring (bicyclic) bond motifs is 5. The van der Waals surface area contributed by atoms with Gasteiger partial charge in [-0.25, -0.2) is 0 Å². The highest BCUT2D eigenvalue weighted by Gasteiger charge is 2.24. The summed E-state index contributed by atoms with van der Waals surface area (Å²) in [7, 11) is 0. The summed E-state index contributed by atoms with van der Waals surface area (Å²) in [6.45, 7) is 0. The summed E-state index contributed by atoms with van der Waals surface area (Å²) in [5.41, 5.74) is 4.43. The maximum Gasteiger partial charge on any atom is 0.105 e. The lowest BCUT2D eigenvalue weighted by molar-refractivity contribution is 0.875. The molecule has 92 valence electrons. The van der Waals surface area contributed by atoms with Gasteiger partial charge in [0, 0.05) is 16.7 Å². The molecular weight excluding hydrogens is 246 g/mol. The molecule has 1 aliphatic carbocycles. The molecule has 4 aromatic rings. The van der Waals surface area contributed by atoms with Crippen LogP contribution in [-0.4, -0.2) is 15.4 Å². The van der Waals surface area contributed by atoms with Crippen molar-refractivity contribution in [3.8, 4) is 22.4 Å². The molecule has 0 spiro atoms. The lowest BCUT2D eigenvalue weighted by Gasteiger charge is -2.07. The van der Waals surface area contributed by atoms with Crippen LogP contribution in [0.3, 0.4) is 0 Å². The topological polar surface area (TPSA) is 38.7 Å². The summed E-state index contributed by atoms with van der Waals surface area (Å²) in [5, 5.41) is 17.0. The zero-order valence-electron chi connectivity index (χ0n) is 10.5. The molecule has 0 amide bonds. The molecule has 0 atom stereocenters. The number of benzene rings is 3. The molecule has 1 aromatic heterocycles. The normalized spacial score (nSPS) is 12.0. The third-order valence-corrected chi connectivity index (χ3v) is 4.05. The predicted octanol–water partition coefficient (Wildman–Crippen LogP) is 3.83. The largest absolute Gasteiger partial charge is 0.138 e. The van der Waals surface area contributed by atoms with E-state index in [1.807, 2.05) is 6.20 Å². The van der Waals surface area contributed by atoms with Crippen molar-refractivity contribution in [1.82, 2.24) is 15.4 Å². The van der Waals surface area contributed by atoms with Crippen LogP contribution < -0.4 is 0 Å². The molecule has 0 saturated heterocycles. The van der Waals surface area contributed by atoms with Gasteiger partial charge in [-0.3, -0.25) is 0 Å². The summed E-state index contributed by atoms with van der Waals surface area (Å²) in [5.74, 6) is 0. The zero-order valence-corrected chi connectivity index (χ0v) is 10.5. The van der Waals surface area contributed by atoms with Crippen molar-refractivity contribution in [1.29, 1.82) is 0 Å². The van der Waals surface area contributed by atoms with E-state index in [0.29, 0.717) is 0 Å². The molecule has 1 aliphatic rings. The van der Waals surface area contributed by atoms with Gasteiger partial charge in [0.1, 0.15) is 5.69 Å². The van der Waals surface area contributed by atoms with Crippen molar-refractivity contribution < 1.29 is 0 Å². The van der Waals surface area contributed by atoms with E-state index in [2.05, 4.69) is 63.9 Å². The fourth-order valence-corrected chi connectivity index (χ4v) is 3.25. The fourth-order valence-electron chi connectivity index (χ4n) is 3.25. The second kappa shape index (κ2) is 3.39.